The third-order valence-corrected chi connectivity index (χ3v) is 4.76. The average molecular weight is 383 g/mol. The van der Waals surface area contributed by atoms with Crippen molar-refractivity contribution in [2.24, 2.45) is 0 Å². The lowest BCUT2D eigenvalue weighted by Crippen LogP contribution is -2.50. The quantitative estimate of drug-likeness (QED) is 0.773. The number of anilines is 1. The van der Waals surface area contributed by atoms with Crippen molar-refractivity contribution < 1.29 is 14.3 Å². The third kappa shape index (κ3) is 5.18. The van der Waals surface area contributed by atoms with Crippen LogP contribution >= 0.6 is 0 Å². The molecular weight excluding hydrogens is 352 g/mol. The summed E-state index contributed by atoms with van der Waals surface area (Å²) < 4.78 is 11.5. The van der Waals surface area contributed by atoms with Crippen molar-refractivity contribution in [3.05, 3.63) is 59.7 Å². The molecule has 1 heterocycles. The third-order valence-electron chi connectivity index (χ3n) is 4.76. The molecule has 2 aromatic rings. The molecule has 28 heavy (non-hydrogen) atoms. The highest BCUT2D eigenvalue weighted by molar-refractivity contribution is 5.69. The molecule has 0 atom stereocenters. The van der Waals surface area contributed by atoms with Crippen molar-refractivity contribution in [3.8, 4) is 5.75 Å². The minimum Gasteiger partial charge on any atom is -0.489 e. The fraction of sp³-hybridized carbons (Fsp3) is 0.435. The predicted molar refractivity (Wildman–Crippen MR) is 112 cm³/mol. The SMILES string of the molecule is Cc1c(OCc2ccccc2)cccc1N1CCN(C(=O)OC(C)(C)C)CC1. The lowest BCUT2D eigenvalue weighted by atomic mass is 10.1. The number of amides is 1. The Morgan fingerprint density at radius 3 is 2.29 bits per heavy atom. The topological polar surface area (TPSA) is 42.0 Å². The summed E-state index contributed by atoms with van der Waals surface area (Å²) in [6, 6.07) is 16.3. The van der Waals surface area contributed by atoms with E-state index in [4.69, 9.17) is 9.47 Å². The molecule has 0 N–H and O–H groups in total. The van der Waals surface area contributed by atoms with Gasteiger partial charge in [-0.15, -0.1) is 0 Å². The van der Waals surface area contributed by atoms with Gasteiger partial charge in [0, 0.05) is 37.4 Å². The molecule has 0 spiro atoms. The fourth-order valence-corrected chi connectivity index (χ4v) is 3.29. The zero-order valence-electron chi connectivity index (χ0n) is 17.3. The highest BCUT2D eigenvalue weighted by Gasteiger charge is 2.26. The van der Waals surface area contributed by atoms with Crippen LogP contribution in [0.1, 0.15) is 31.9 Å². The van der Waals surface area contributed by atoms with Crippen molar-refractivity contribution in [3.63, 3.8) is 0 Å². The van der Waals surface area contributed by atoms with E-state index in [1.807, 2.05) is 51.1 Å². The van der Waals surface area contributed by atoms with Crippen LogP contribution in [0.25, 0.3) is 0 Å². The number of carbonyl (C=O) groups excluding carboxylic acids is 1. The lowest BCUT2D eigenvalue weighted by Gasteiger charge is -2.37. The van der Waals surface area contributed by atoms with Gasteiger partial charge in [-0.1, -0.05) is 36.4 Å². The molecule has 0 saturated carbocycles. The van der Waals surface area contributed by atoms with E-state index in [9.17, 15) is 4.79 Å². The Morgan fingerprint density at radius 2 is 1.64 bits per heavy atom. The Hall–Kier alpha value is -2.69. The smallest absolute Gasteiger partial charge is 0.410 e. The van der Waals surface area contributed by atoms with Gasteiger partial charge in [0.05, 0.1) is 0 Å². The highest BCUT2D eigenvalue weighted by Crippen LogP contribution is 2.30. The molecule has 150 valence electrons. The normalized spacial score (nSPS) is 14.7. The standard InChI is InChI=1S/C23H30N2O3/c1-18-20(11-8-12-21(18)27-17-19-9-6-5-7-10-19)24-13-15-25(16-14-24)22(26)28-23(2,3)4/h5-12H,13-17H2,1-4H3. The van der Waals surface area contributed by atoms with Crippen molar-refractivity contribution in [2.75, 3.05) is 31.1 Å². The van der Waals surface area contributed by atoms with Gasteiger partial charge >= 0.3 is 6.09 Å². The molecule has 0 aromatic heterocycles. The van der Waals surface area contributed by atoms with Crippen molar-refractivity contribution in [2.45, 2.75) is 39.9 Å². The molecule has 1 saturated heterocycles. The van der Waals surface area contributed by atoms with Gasteiger partial charge < -0.3 is 19.3 Å². The molecule has 0 radical (unpaired) electrons. The summed E-state index contributed by atoms with van der Waals surface area (Å²) in [5.41, 5.74) is 2.98. The maximum atomic E-state index is 12.3. The van der Waals surface area contributed by atoms with E-state index in [0.29, 0.717) is 19.7 Å². The second-order valence-corrected chi connectivity index (χ2v) is 8.13. The Labute approximate surface area is 167 Å². The number of hydrogen-bond acceptors (Lipinski definition) is 4. The Bertz CT molecular complexity index is 791. The number of ether oxygens (including phenoxy) is 2. The molecule has 1 aliphatic rings. The molecule has 3 rings (SSSR count). The number of rotatable bonds is 4. The van der Waals surface area contributed by atoms with Crippen LogP contribution in [0.2, 0.25) is 0 Å². The molecule has 1 fully saturated rings. The highest BCUT2D eigenvalue weighted by atomic mass is 16.6. The van der Waals surface area contributed by atoms with E-state index in [-0.39, 0.29) is 6.09 Å². The first-order chi connectivity index (χ1) is 13.3. The second-order valence-electron chi connectivity index (χ2n) is 8.13. The van der Waals surface area contributed by atoms with Crippen LogP contribution in [0.15, 0.2) is 48.5 Å². The van der Waals surface area contributed by atoms with Crippen LogP contribution in [0, 0.1) is 6.92 Å². The minimum absolute atomic E-state index is 0.233. The number of hydrogen-bond donors (Lipinski definition) is 0. The predicted octanol–water partition coefficient (Wildman–Crippen LogP) is 4.63. The van der Waals surface area contributed by atoms with Crippen LogP contribution in [0.4, 0.5) is 10.5 Å². The van der Waals surface area contributed by atoms with Crippen LogP contribution in [0.3, 0.4) is 0 Å². The van der Waals surface area contributed by atoms with Gasteiger partial charge in [0.2, 0.25) is 0 Å². The minimum atomic E-state index is -0.463. The number of nitrogens with zero attached hydrogens (tertiary/aromatic N) is 2. The van der Waals surface area contributed by atoms with Crippen molar-refractivity contribution in [1.29, 1.82) is 0 Å². The van der Waals surface area contributed by atoms with E-state index in [2.05, 4.69) is 30.0 Å². The zero-order valence-corrected chi connectivity index (χ0v) is 17.3. The molecular formula is C23H30N2O3. The summed E-state index contributed by atoms with van der Waals surface area (Å²) in [6.07, 6.45) is -0.233. The van der Waals surface area contributed by atoms with E-state index in [0.717, 1.165) is 35.7 Å². The fourth-order valence-electron chi connectivity index (χ4n) is 3.29. The van der Waals surface area contributed by atoms with Crippen LogP contribution in [-0.4, -0.2) is 42.8 Å². The molecule has 0 bridgehead atoms. The van der Waals surface area contributed by atoms with Crippen LogP contribution in [0.5, 0.6) is 5.75 Å². The maximum absolute atomic E-state index is 12.3. The Kier molecular flexibility index (Phi) is 6.12. The molecule has 0 unspecified atom stereocenters. The van der Waals surface area contributed by atoms with Gasteiger partial charge in [0.1, 0.15) is 18.0 Å². The largest absolute Gasteiger partial charge is 0.489 e. The summed E-state index contributed by atoms with van der Waals surface area (Å²) in [5.74, 6) is 0.899. The lowest BCUT2D eigenvalue weighted by molar-refractivity contribution is 0.0240. The summed E-state index contributed by atoms with van der Waals surface area (Å²) >= 11 is 0. The molecule has 1 aliphatic heterocycles. The van der Waals surface area contributed by atoms with Crippen molar-refractivity contribution >= 4 is 11.8 Å². The molecule has 1 amide bonds. The molecule has 2 aromatic carbocycles. The van der Waals surface area contributed by atoms with Crippen LogP contribution in [-0.2, 0) is 11.3 Å². The van der Waals surface area contributed by atoms with E-state index in [1.165, 1.54) is 0 Å². The van der Waals surface area contributed by atoms with Gasteiger partial charge in [-0.3, -0.25) is 0 Å². The number of carbonyl (C=O) groups is 1. The summed E-state index contributed by atoms with van der Waals surface area (Å²) in [5, 5.41) is 0. The first-order valence-corrected chi connectivity index (χ1v) is 9.83. The number of benzene rings is 2. The Balaban J connectivity index is 1.61. The summed E-state index contributed by atoms with van der Waals surface area (Å²) in [7, 11) is 0. The van der Waals surface area contributed by atoms with Gasteiger partial charge in [-0.2, -0.15) is 0 Å². The van der Waals surface area contributed by atoms with Gasteiger partial charge in [0.15, 0.2) is 0 Å². The van der Waals surface area contributed by atoms with E-state index in [1.54, 1.807) is 4.90 Å². The van der Waals surface area contributed by atoms with Gasteiger partial charge in [0.25, 0.3) is 0 Å². The van der Waals surface area contributed by atoms with Gasteiger partial charge in [-0.05, 0) is 45.4 Å². The van der Waals surface area contributed by atoms with Crippen molar-refractivity contribution in [1.82, 2.24) is 4.90 Å². The monoisotopic (exact) mass is 382 g/mol. The molecule has 5 heteroatoms. The number of piperazine rings is 1. The average Bonchev–Trinajstić information content (AvgIpc) is 2.67. The first kappa shape index (κ1) is 20.1. The maximum Gasteiger partial charge on any atom is 0.410 e. The summed E-state index contributed by atoms with van der Waals surface area (Å²) in [6.45, 7) is 11.2. The van der Waals surface area contributed by atoms with E-state index < -0.39 is 5.60 Å². The molecule has 0 aliphatic carbocycles. The van der Waals surface area contributed by atoms with Crippen LogP contribution < -0.4 is 9.64 Å². The first-order valence-electron chi connectivity index (χ1n) is 9.83. The van der Waals surface area contributed by atoms with Gasteiger partial charge in [-0.25, -0.2) is 4.79 Å². The molecule has 5 nitrogen and oxygen atoms in total. The second kappa shape index (κ2) is 8.55. The summed E-state index contributed by atoms with van der Waals surface area (Å²) in [4.78, 5) is 16.4. The zero-order chi connectivity index (χ0) is 20.1. The Morgan fingerprint density at radius 1 is 0.964 bits per heavy atom. The van der Waals surface area contributed by atoms with E-state index >= 15 is 0 Å².